The zero-order valence-electron chi connectivity index (χ0n) is 16.5. The molecule has 1 aromatic carbocycles. The molecule has 3 heterocycles. The van der Waals surface area contributed by atoms with Crippen molar-refractivity contribution in [1.82, 2.24) is 20.0 Å². The van der Waals surface area contributed by atoms with Gasteiger partial charge in [0.2, 0.25) is 5.82 Å². The molecule has 1 aliphatic heterocycles. The lowest BCUT2D eigenvalue weighted by Gasteiger charge is -2.39. The molecule has 0 N–H and O–H groups in total. The summed E-state index contributed by atoms with van der Waals surface area (Å²) in [5.74, 6) is 2.80. The first kappa shape index (κ1) is 18.4. The number of pyridine rings is 1. The lowest BCUT2D eigenvalue weighted by atomic mass is 10.1. The van der Waals surface area contributed by atoms with Gasteiger partial charge in [-0.15, -0.1) is 0 Å². The van der Waals surface area contributed by atoms with Crippen LogP contribution in [-0.2, 0) is 0 Å². The molecule has 0 unspecified atom stereocenters. The number of piperazine rings is 1. The molecule has 4 rings (SSSR count). The van der Waals surface area contributed by atoms with Crippen molar-refractivity contribution < 1.29 is 9.26 Å². The fourth-order valence-corrected chi connectivity index (χ4v) is 3.49. The molecule has 1 aliphatic rings. The molecule has 0 saturated carbocycles. The van der Waals surface area contributed by atoms with Crippen molar-refractivity contribution in [3.8, 4) is 28.6 Å². The van der Waals surface area contributed by atoms with Gasteiger partial charge in [0.25, 0.3) is 5.89 Å². The van der Waals surface area contributed by atoms with Gasteiger partial charge in [0, 0.05) is 37.4 Å². The molecule has 7 nitrogen and oxygen atoms in total. The van der Waals surface area contributed by atoms with E-state index in [1.807, 2.05) is 36.4 Å². The minimum atomic E-state index is 0.467. The highest BCUT2D eigenvalue weighted by atomic mass is 16.5. The second-order valence-electron chi connectivity index (χ2n) is 7.05. The van der Waals surface area contributed by atoms with Gasteiger partial charge in [0.05, 0.1) is 12.7 Å². The van der Waals surface area contributed by atoms with Crippen molar-refractivity contribution in [3.63, 3.8) is 0 Å². The van der Waals surface area contributed by atoms with Crippen LogP contribution in [0.1, 0.15) is 13.3 Å². The number of aromatic nitrogens is 3. The monoisotopic (exact) mass is 379 g/mol. The second kappa shape index (κ2) is 7.98. The summed E-state index contributed by atoms with van der Waals surface area (Å²) >= 11 is 0. The van der Waals surface area contributed by atoms with E-state index in [2.05, 4.69) is 38.9 Å². The third kappa shape index (κ3) is 3.71. The molecule has 1 fully saturated rings. The van der Waals surface area contributed by atoms with Gasteiger partial charge in [-0.2, -0.15) is 4.98 Å². The maximum atomic E-state index is 5.44. The number of rotatable bonds is 5. The summed E-state index contributed by atoms with van der Waals surface area (Å²) in [6, 6.07) is 12.2. The Morgan fingerprint density at radius 1 is 1.11 bits per heavy atom. The molecule has 0 spiro atoms. The van der Waals surface area contributed by atoms with Crippen LogP contribution in [0.4, 0.5) is 5.82 Å². The van der Waals surface area contributed by atoms with E-state index < -0.39 is 0 Å². The Morgan fingerprint density at radius 2 is 1.89 bits per heavy atom. The zero-order chi connectivity index (χ0) is 19.5. The second-order valence-corrected chi connectivity index (χ2v) is 7.05. The Bertz CT molecular complexity index is 907. The van der Waals surface area contributed by atoms with Crippen LogP contribution in [0.3, 0.4) is 0 Å². The largest absolute Gasteiger partial charge is 0.497 e. The highest BCUT2D eigenvalue weighted by Crippen LogP contribution is 2.25. The molecule has 0 aliphatic carbocycles. The third-order valence-electron chi connectivity index (χ3n) is 5.34. The number of ether oxygens (including phenoxy) is 1. The van der Waals surface area contributed by atoms with Gasteiger partial charge < -0.3 is 14.2 Å². The molecule has 3 aromatic rings. The van der Waals surface area contributed by atoms with Crippen LogP contribution in [0.2, 0.25) is 0 Å². The normalized spacial score (nSPS) is 17.7. The number of methoxy groups -OCH3 is 1. The summed E-state index contributed by atoms with van der Waals surface area (Å²) in [5, 5.41) is 4.09. The Morgan fingerprint density at radius 3 is 2.57 bits per heavy atom. The molecule has 0 amide bonds. The summed E-state index contributed by atoms with van der Waals surface area (Å²) in [6.07, 6.45) is 2.95. The first-order chi connectivity index (χ1) is 13.7. The average molecular weight is 379 g/mol. The van der Waals surface area contributed by atoms with E-state index in [9.17, 15) is 0 Å². The van der Waals surface area contributed by atoms with Crippen LogP contribution in [0, 0.1) is 0 Å². The van der Waals surface area contributed by atoms with Crippen LogP contribution in [0.15, 0.2) is 47.1 Å². The first-order valence-electron chi connectivity index (χ1n) is 9.57. The number of hydrogen-bond donors (Lipinski definition) is 0. The zero-order valence-corrected chi connectivity index (χ0v) is 16.5. The fraction of sp³-hybridized carbons (Fsp3) is 0.381. The summed E-state index contributed by atoms with van der Waals surface area (Å²) in [7, 11) is 3.83. The van der Waals surface area contributed by atoms with Gasteiger partial charge in [-0.05, 0) is 49.9 Å². The van der Waals surface area contributed by atoms with Crippen molar-refractivity contribution in [2.24, 2.45) is 0 Å². The number of likely N-dealkylation sites (N-methyl/N-ethyl adjacent to an activating group) is 1. The van der Waals surface area contributed by atoms with E-state index in [0.29, 0.717) is 17.8 Å². The van der Waals surface area contributed by atoms with Crippen LogP contribution in [-0.4, -0.2) is 59.9 Å². The minimum Gasteiger partial charge on any atom is -0.497 e. The molecule has 2 aromatic heterocycles. The highest BCUT2D eigenvalue weighted by Gasteiger charge is 2.23. The SMILES string of the molecule is CC[C@@H]1CN(c2ccc(-c3nc(-c4ccc(OC)cc4)no3)cn2)CCN1C. The molecule has 28 heavy (non-hydrogen) atoms. The van der Waals surface area contributed by atoms with Crippen LogP contribution in [0.5, 0.6) is 5.75 Å². The van der Waals surface area contributed by atoms with E-state index in [-0.39, 0.29) is 0 Å². The Balaban J connectivity index is 1.49. The van der Waals surface area contributed by atoms with Crippen LogP contribution < -0.4 is 9.64 Å². The first-order valence-corrected chi connectivity index (χ1v) is 9.57. The summed E-state index contributed by atoms with van der Waals surface area (Å²) < 4.78 is 10.6. The average Bonchev–Trinajstić information content (AvgIpc) is 3.24. The maximum Gasteiger partial charge on any atom is 0.259 e. The standard InChI is InChI=1S/C21H25N5O2/c1-4-17-14-26(12-11-25(17)2)19-10-7-16(13-22-19)21-23-20(24-28-21)15-5-8-18(27-3)9-6-15/h5-10,13,17H,4,11-12,14H2,1-3H3/t17-/m1/s1. The lowest BCUT2D eigenvalue weighted by molar-refractivity contribution is 0.213. The summed E-state index contributed by atoms with van der Waals surface area (Å²) in [6.45, 7) is 5.27. The Hall–Kier alpha value is -2.93. The van der Waals surface area contributed by atoms with Crippen LogP contribution >= 0.6 is 0 Å². The van der Waals surface area contributed by atoms with Crippen LogP contribution in [0.25, 0.3) is 22.8 Å². The van der Waals surface area contributed by atoms with Gasteiger partial charge in [-0.3, -0.25) is 4.90 Å². The third-order valence-corrected chi connectivity index (χ3v) is 5.34. The Kier molecular flexibility index (Phi) is 5.25. The lowest BCUT2D eigenvalue weighted by Crippen LogP contribution is -2.51. The van der Waals surface area contributed by atoms with Gasteiger partial charge >= 0.3 is 0 Å². The van der Waals surface area contributed by atoms with Gasteiger partial charge in [-0.1, -0.05) is 12.1 Å². The topological polar surface area (TPSA) is 67.5 Å². The van der Waals surface area contributed by atoms with Gasteiger partial charge in [0.1, 0.15) is 11.6 Å². The molecule has 7 heteroatoms. The summed E-state index contributed by atoms with van der Waals surface area (Å²) in [4.78, 5) is 13.9. The number of hydrogen-bond acceptors (Lipinski definition) is 7. The minimum absolute atomic E-state index is 0.467. The Labute approximate surface area is 164 Å². The fourth-order valence-electron chi connectivity index (χ4n) is 3.49. The van der Waals surface area contributed by atoms with E-state index >= 15 is 0 Å². The predicted octanol–water partition coefficient (Wildman–Crippen LogP) is 3.34. The van der Waals surface area contributed by atoms with Crippen molar-refractivity contribution in [3.05, 3.63) is 42.6 Å². The number of anilines is 1. The van der Waals surface area contributed by atoms with Gasteiger partial charge in [-0.25, -0.2) is 4.98 Å². The summed E-state index contributed by atoms with van der Waals surface area (Å²) in [5.41, 5.74) is 1.70. The predicted molar refractivity (Wildman–Crippen MR) is 108 cm³/mol. The maximum absolute atomic E-state index is 5.44. The van der Waals surface area contributed by atoms with E-state index in [1.165, 1.54) is 0 Å². The molecule has 1 atom stereocenters. The molecule has 0 radical (unpaired) electrons. The van der Waals surface area contributed by atoms with E-state index in [1.54, 1.807) is 13.3 Å². The molecular weight excluding hydrogens is 354 g/mol. The smallest absolute Gasteiger partial charge is 0.259 e. The molecule has 146 valence electrons. The van der Waals surface area contributed by atoms with E-state index in [0.717, 1.165) is 48.7 Å². The molecule has 1 saturated heterocycles. The highest BCUT2D eigenvalue weighted by molar-refractivity contribution is 5.61. The number of benzene rings is 1. The van der Waals surface area contributed by atoms with Crippen molar-refractivity contribution in [1.29, 1.82) is 0 Å². The van der Waals surface area contributed by atoms with Crippen molar-refractivity contribution in [2.45, 2.75) is 19.4 Å². The molecule has 0 bridgehead atoms. The van der Waals surface area contributed by atoms with Gasteiger partial charge in [0.15, 0.2) is 0 Å². The van der Waals surface area contributed by atoms with Crippen molar-refractivity contribution in [2.75, 3.05) is 38.7 Å². The number of nitrogens with zero attached hydrogens (tertiary/aromatic N) is 5. The molecular formula is C21H25N5O2. The van der Waals surface area contributed by atoms with E-state index in [4.69, 9.17) is 9.26 Å². The van der Waals surface area contributed by atoms with Crippen molar-refractivity contribution >= 4 is 5.82 Å². The quantitative estimate of drug-likeness (QED) is 0.673.